The van der Waals surface area contributed by atoms with Gasteiger partial charge in [0.1, 0.15) is 17.1 Å². The van der Waals surface area contributed by atoms with Crippen molar-refractivity contribution in [2.24, 2.45) is 0 Å². The van der Waals surface area contributed by atoms with E-state index < -0.39 is 0 Å². The highest BCUT2D eigenvalue weighted by Crippen LogP contribution is 2.39. The maximum absolute atomic E-state index is 14.5. The molecule has 0 saturated heterocycles. The molecule has 6 aromatic carbocycles. The SMILES string of the molecule is CCOc1ccc(-c2cc(-c3ccc(OCC)cc3)c3nc4c5ccc(-c6ccc(N)cc6)c6cccc(c(=O)n4c3c2)c65)cc1. The number of rotatable bonds is 7. The Morgan fingerprint density at radius 3 is 1.91 bits per heavy atom. The first kappa shape index (κ1) is 27.7. The molecule has 46 heavy (non-hydrogen) atoms. The van der Waals surface area contributed by atoms with Crippen molar-refractivity contribution in [3.8, 4) is 44.9 Å². The summed E-state index contributed by atoms with van der Waals surface area (Å²) in [5.74, 6) is 1.63. The number of aromatic nitrogens is 2. The molecule has 2 heterocycles. The first-order chi connectivity index (χ1) is 22.5. The van der Waals surface area contributed by atoms with Gasteiger partial charge in [-0.25, -0.2) is 4.98 Å². The van der Waals surface area contributed by atoms with Gasteiger partial charge in [0.25, 0.3) is 5.56 Å². The van der Waals surface area contributed by atoms with Crippen LogP contribution >= 0.6 is 0 Å². The summed E-state index contributed by atoms with van der Waals surface area (Å²) in [4.78, 5) is 19.7. The summed E-state index contributed by atoms with van der Waals surface area (Å²) in [5.41, 5.74) is 14.8. The zero-order valence-corrected chi connectivity index (χ0v) is 25.6. The molecular weight excluding hydrogens is 570 g/mol. The number of hydrogen-bond donors (Lipinski definition) is 1. The Bertz CT molecular complexity index is 2450. The Labute approximate surface area is 265 Å². The smallest absolute Gasteiger partial charge is 0.264 e. The zero-order chi connectivity index (χ0) is 31.4. The Balaban J connectivity index is 1.43. The Kier molecular flexibility index (Phi) is 6.57. The second-order valence-electron chi connectivity index (χ2n) is 11.4. The van der Waals surface area contributed by atoms with Crippen molar-refractivity contribution >= 4 is 43.9 Å². The number of imidazole rings is 1. The van der Waals surface area contributed by atoms with E-state index in [9.17, 15) is 4.79 Å². The summed E-state index contributed by atoms with van der Waals surface area (Å²) in [5, 5.41) is 3.51. The Hall–Kier alpha value is -5.88. The largest absolute Gasteiger partial charge is 0.494 e. The molecule has 6 heteroatoms. The third kappa shape index (κ3) is 4.41. The van der Waals surface area contributed by atoms with Crippen molar-refractivity contribution in [2.75, 3.05) is 18.9 Å². The van der Waals surface area contributed by atoms with Crippen LogP contribution < -0.4 is 20.8 Å². The van der Waals surface area contributed by atoms with E-state index in [2.05, 4.69) is 54.6 Å². The molecule has 0 amide bonds. The fraction of sp³-hybridized carbons (Fsp3) is 0.100. The van der Waals surface area contributed by atoms with Crippen LogP contribution in [0.3, 0.4) is 0 Å². The van der Waals surface area contributed by atoms with Crippen molar-refractivity contribution in [3.05, 3.63) is 126 Å². The van der Waals surface area contributed by atoms with Crippen LogP contribution in [0.15, 0.2) is 120 Å². The topological polar surface area (TPSA) is 78.8 Å². The first-order valence-corrected chi connectivity index (χ1v) is 15.5. The van der Waals surface area contributed by atoms with Gasteiger partial charge in [-0.05, 0) is 108 Å². The molecule has 224 valence electrons. The van der Waals surface area contributed by atoms with Crippen molar-refractivity contribution in [3.63, 3.8) is 0 Å². The maximum Gasteiger partial charge on any atom is 0.264 e. The van der Waals surface area contributed by atoms with Gasteiger partial charge in [0.15, 0.2) is 0 Å². The standard InChI is InChI=1S/C40H31N3O3/c1-3-45-29-16-10-24(11-17-29)27-22-35(26-12-18-30(19-13-26)46-4-2)38-36(23-27)43-39(42-38)33-21-20-31(25-8-14-28(41)15-9-25)32-6-5-7-34(37(32)33)40(43)44/h5-23H,3-4,41H2,1-2H3. The lowest BCUT2D eigenvalue weighted by Crippen LogP contribution is -2.13. The molecule has 2 N–H and O–H groups in total. The highest BCUT2D eigenvalue weighted by atomic mass is 16.5. The van der Waals surface area contributed by atoms with Gasteiger partial charge in [0.2, 0.25) is 0 Å². The van der Waals surface area contributed by atoms with E-state index in [0.29, 0.717) is 29.9 Å². The fourth-order valence-electron chi connectivity index (χ4n) is 6.56. The lowest BCUT2D eigenvalue weighted by atomic mass is 9.94. The minimum atomic E-state index is -0.0912. The first-order valence-electron chi connectivity index (χ1n) is 15.5. The number of nitrogen functional groups attached to an aromatic ring is 1. The maximum atomic E-state index is 14.5. The highest BCUT2D eigenvalue weighted by molar-refractivity contribution is 6.19. The molecule has 0 aliphatic heterocycles. The summed E-state index contributed by atoms with van der Waals surface area (Å²) in [7, 11) is 0. The molecule has 0 bridgehead atoms. The number of ether oxygens (including phenoxy) is 2. The third-order valence-electron chi connectivity index (χ3n) is 8.67. The number of nitrogens with zero attached hydrogens (tertiary/aromatic N) is 2. The van der Waals surface area contributed by atoms with Gasteiger partial charge in [0.05, 0.1) is 24.2 Å². The Morgan fingerprint density at radius 2 is 1.24 bits per heavy atom. The number of fused-ring (bicyclic) bond motifs is 4. The second-order valence-corrected chi connectivity index (χ2v) is 11.4. The van der Waals surface area contributed by atoms with E-state index in [1.54, 1.807) is 4.40 Å². The van der Waals surface area contributed by atoms with Gasteiger partial charge < -0.3 is 15.2 Å². The molecule has 0 aliphatic carbocycles. The Morgan fingerprint density at radius 1 is 0.630 bits per heavy atom. The van der Waals surface area contributed by atoms with Crippen molar-refractivity contribution in [1.29, 1.82) is 0 Å². The van der Waals surface area contributed by atoms with E-state index in [4.69, 9.17) is 20.2 Å². The monoisotopic (exact) mass is 601 g/mol. The fourth-order valence-corrected chi connectivity index (χ4v) is 6.56. The van der Waals surface area contributed by atoms with Crippen LogP contribution in [0.5, 0.6) is 11.5 Å². The van der Waals surface area contributed by atoms with E-state index >= 15 is 0 Å². The lowest BCUT2D eigenvalue weighted by molar-refractivity contribution is 0.340. The molecule has 0 atom stereocenters. The number of pyridine rings is 1. The summed E-state index contributed by atoms with van der Waals surface area (Å²) >= 11 is 0. The number of anilines is 1. The van der Waals surface area contributed by atoms with Gasteiger partial charge in [-0.15, -0.1) is 0 Å². The summed E-state index contributed by atoms with van der Waals surface area (Å²) in [6, 6.07) is 38.4. The molecular formula is C40H31N3O3. The van der Waals surface area contributed by atoms with Crippen molar-refractivity contribution < 1.29 is 9.47 Å². The number of nitrogens with two attached hydrogens (primary N) is 1. The van der Waals surface area contributed by atoms with Gasteiger partial charge in [-0.1, -0.05) is 54.6 Å². The molecule has 0 spiro atoms. The highest BCUT2D eigenvalue weighted by Gasteiger charge is 2.21. The quantitative estimate of drug-likeness (QED) is 0.185. The predicted molar refractivity (Wildman–Crippen MR) is 188 cm³/mol. The molecule has 6 nitrogen and oxygen atoms in total. The van der Waals surface area contributed by atoms with E-state index in [-0.39, 0.29) is 5.56 Å². The molecule has 0 radical (unpaired) electrons. The molecule has 0 aliphatic rings. The predicted octanol–water partition coefficient (Wildman–Crippen LogP) is 8.97. The molecule has 0 unspecified atom stereocenters. The van der Waals surface area contributed by atoms with Gasteiger partial charge in [-0.3, -0.25) is 9.20 Å². The number of benzene rings is 6. The van der Waals surface area contributed by atoms with Crippen LogP contribution in [0.25, 0.3) is 71.6 Å². The van der Waals surface area contributed by atoms with Gasteiger partial charge in [0, 0.05) is 27.4 Å². The van der Waals surface area contributed by atoms with Crippen LogP contribution in [-0.2, 0) is 0 Å². The van der Waals surface area contributed by atoms with E-state index in [1.165, 1.54) is 0 Å². The normalized spacial score (nSPS) is 11.6. The van der Waals surface area contributed by atoms with Gasteiger partial charge >= 0.3 is 0 Å². The zero-order valence-electron chi connectivity index (χ0n) is 25.6. The second kappa shape index (κ2) is 10.9. The molecule has 0 saturated carbocycles. The number of hydrogen-bond acceptors (Lipinski definition) is 5. The van der Waals surface area contributed by atoms with Crippen LogP contribution in [0.1, 0.15) is 13.8 Å². The van der Waals surface area contributed by atoms with Crippen LogP contribution in [0, 0.1) is 0 Å². The van der Waals surface area contributed by atoms with Crippen molar-refractivity contribution in [2.45, 2.75) is 13.8 Å². The molecule has 2 aromatic heterocycles. The van der Waals surface area contributed by atoms with Gasteiger partial charge in [-0.2, -0.15) is 0 Å². The average Bonchev–Trinajstić information content (AvgIpc) is 3.48. The van der Waals surface area contributed by atoms with Crippen LogP contribution in [0.4, 0.5) is 5.69 Å². The van der Waals surface area contributed by atoms with Crippen molar-refractivity contribution in [1.82, 2.24) is 9.38 Å². The van der Waals surface area contributed by atoms with E-state index in [0.717, 1.165) is 72.1 Å². The van der Waals surface area contributed by atoms with Crippen LogP contribution in [-0.4, -0.2) is 22.6 Å². The summed E-state index contributed by atoms with van der Waals surface area (Å²) < 4.78 is 13.2. The third-order valence-corrected chi connectivity index (χ3v) is 8.67. The molecule has 8 aromatic rings. The lowest BCUT2D eigenvalue weighted by Gasteiger charge is -2.12. The average molecular weight is 602 g/mol. The van der Waals surface area contributed by atoms with Crippen LogP contribution in [0.2, 0.25) is 0 Å². The molecule has 0 fully saturated rings. The van der Waals surface area contributed by atoms with E-state index in [1.807, 2.05) is 74.5 Å². The minimum Gasteiger partial charge on any atom is -0.494 e. The summed E-state index contributed by atoms with van der Waals surface area (Å²) in [6.07, 6.45) is 0. The molecule has 8 rings (SSSR count). The minimum absolute atomic E-state index is 0.0912. The summed E-state index contributed by atoms with van der Waals surface area (Å²) in [6.45, 7) is 5.15.